The summed E-state index contributed by atoms with van der Waals surface area (Å²) in [4.78, 5) is 16.1. The van der Waals surface area contributed by atoms with Crippen LogP contribution < -0.4 is 11.1 Å². The van der Waals surface area contributed by atoms with Gasteiger partial charge in [0.05, 0.1) is 18.7 Å². The summed E-state index contributed by atoms with van der Waals surface area (Å²) in [5.74, 6) is -0.759. The largest absolute Gasteiger partial charge is 0.465 e. The summed E-state index contributed by atoms with van der Waals surface area (Å²) in [6, 6.07) is 5.91. The number of hydrogen-bond acceptors (Lipinski definition) is 5. The Labute approximate surface area is 126 Å². The van der Waals surface area contributed by atoms with Crippen LogP contribution in [0.15, 0.2) is 23.2 Å². The molecule has 1 aromatic carbocycles. The summed E-state index contributed by atoms with van der Waals surface area (Å²) in [5.41, 5.74) is 5.39. The molecule has 1 aliphatic carbocycles. The fraction of sp³-hybridized carbons (Fsp3) is 0.400. The number of amides is 1. The van der Waals surface area contributed by atoms with Crippen LogP contribution in [0, 0.1) is 22.6 Å². The number of aliphatic imine (C=N–C) groups is 1. The number of nitrogens with one attached hydrogen (secondary N) is 1. The Bertz CT molecular complexity index is 691. The zero-order valence-electron chi connectivity index (χ0n) is 11.8. The molecule has 1 saturated carbocycles. The summed E-state index contributed by atoms with van der Waals surface area (Å²) in [7, 11) is 0. The number of ether oxygens (including phenoxy) is 1. The Hall–Kier alpha value is -2.62. The highest BCUT2D eigenvalue weighted by Crippen LogP contribution is 2.45. The van der Waals surface area contributed by atoms with Crippen molar-refractivity contribution >= 4 is 17.6 Å². The van der Waals surface area contributed by atoms with Crippen molar-refractivity contribution in [2.24, 2.45) is 16.1 Å². The van der Waals surface area contributed by atoms with Crippen molar-refractivity contribution in [3.8, 4) is 6.07 Å². The molecule has 2 aliphatic rings. The van der Waals surface area contributed by atoms with Crippen molar-refractivity contribution in [3.63, 3.8) is 0 Å². The van der Waals surface area contributed by atoms with Gasteiger partial charge in [-0.2, -0.15) is 5.26 Å². The minimum absolute atomic E-state index is 0.0338. The molecule has 22 heavy (non-hydrogen) atoms. The number of anilines is 1. The number of benzene rings is 1. The van der Waals surface area contributed by atoms with Gasteiger partial charge in [0.1, 0.15) is 11.2 Å². The molecule has 1 amide bonds. The van der Waals surface area contributed by atoms with Gasteiger partial charge in [-0.1, -0.05) is 0 Å². The molecule has 3 rings (SSSR count). The Morgan fingerprint density at radius 3 is 2.95 bits per heavy atom. The lowest BCUT2D eigenvalue weighted by atomic mass is 10.0. The van der Waals surface area contributed by atoms with Crippen molar-refractivity contribution < 1.29 is 13.9 Å². The van der Waals surface area contributed by atoms with Gasteiger partial charge in [0, 0.05) is 17.7 Å². The SMILES string of the molecule is N#CC1(C(=O)Nc2ccc(F)c(C3CCOC(N)=N3)c2)CC1. The topological polar surface area (TPSA) is 100 Å². The molecule has 1 unspecified atom stereocenters. The van der Waals surface area contributed by atoms with Crippen LogP contribution in [0.3, 0.4) is 0 Å². The Kier molecular flexibility index (Phi) is 3.45. The van der Waals surface area contributed by atoms with Gasteiger partial charge in [-0.3, -0.25) is 4.79 Å². The zero-order chi connectivity index (χ0) is 15.7. The molecule has 0 aromatic heterocycles. The van der Waals surface area contributed by atoms with Gasteiger partial charge in [0.15, 0.2) is 0 Å². The lowest BCUT2D eigenvalue weighted by molar-refractivity contribution is -0.119. The van der Waals surface area contributed by atoms with Gasteiger partial charge >= 0.3 is 0 Å². The van der Waals surface area contributed by atoms with Crippen LogP contribution in [0.1, 0.15) is 30.9 Å². The normalized spacial score (nSPS) is 22.0. The molecule has 1 fully saturated rings. The van der Waals surface area contributed by atoms with E-state index in [1.165, 1.54) is 18.2 Å². The molecular weight excluding hydrogens is 287 g/mol. The van der Waals surface area contributed by atoms with E-state index in [-0.39, 0.29) is 11.9 Å². The number of carbonyl (C=O) groups is 1. The number of halogens is 1. The van der Waals surface area contributed by atoms with E-state index in [0.717, 1.165) is 0 Å². The van der Waals surface area contributed by atoms with Crippen LogP contribution in [0.4, 0.5) is 10.1 Å². The van der Waals surface area contributed by atoms with E-state index in [9.17, 15) is 9.18 Å². The maximum Gasteiger partial charge on any atom is 0.282 e. The van der Waals surface area contributed by atoms with Gasteiger partial charge in [-0.05, 0) is 31.0 Å². The second-order valence-electron chi connectivity index (χ2n) is 5.50. The first kappa shape index (κ1) is 14.3. The molecule has 0 bridgehead atoms. The molecule has 7 heteroatoms. The lowest BCUT2D eigenvalue weighted by Crippen LogP contribution is -2.24. The zero-order valence-corrected chi connectivity index (χ0v) is 11.8. The third-order valence-corrected chi connectivity index (χ3v) is 3.94. The molecule has 1 atom stereocenters. The number of rotatable bonds is 3. The summed E-state index contributed by atoms with van der Waals surface area (Å²) in [6.07, 6.45) is 1.63. The van der Waals surface area contributed by atoms with E-state index < -0.39 is 17.3 Å². The van der Waals surface area contributed by atoms with Crippen LogP contribution in [0.5, 0.6) is 0 Å². The quantitative estimate of drug-likeness (QED) is 0.889. The third kappa shape index (κ3) is 2.60. The maximum atomic E-state index is 14.0. The number of nitrogens with zero attached hydrogens (tertiary/aromatic N) is 2. The number of carbonyl (C=O) groups excluding carboxylic acids is 1. The first-order valence-electron chi connectivity index (χ1n) is 7.02. The first-order valence-corrected chi connectivity index (χ1v) is 7.02. The lowest BCUT2D eigenvalue weighted by Gasteiger charge is -2.20. The Morgan fingerprint density at radius 2 is 2.32 bits per heavy atom. The van der Waals surface area contributed by atoms with Gasteiger partial charge in [0.2, 0.25) is 5.91 Å². The van der Waals surface area contributed by atoms with Crippen molar-refractivity contribution in [1.82, 2.24) is 0 Å². The fourth-order valence-corrected chi connectivity index (χ4v) is 2.40. The van der Waals surface area contributed by atoms with Crippen LogP contribution in [0.2, 0.25) is 0 Å². The first-order chi connectivity index (χ1) is 10.5. The van der Waals surface area contributed by atoms with Gasteiger partial charge < -0.3 is 15.8 Å². The smallest absolute Gasteiger partial charge is 0.282 e. The molecule has 0 radical (unpaired) electrons. The molecule has 1 heterocycles. The maximum absolute atomic E-state index is 14.0. The summed E-state index contributed by atoms with van der Waals surface area (Å²) in [6.45, 7) is 0.369. The number of nitrogens with two attached hydrogens (primary N) is 1. The second-order valence-corrected chi connectivity index (χ2v) is 5.50. The van der Waals surface area contributed by atoms with Crippen LogP contribution in [-0.4, -0.2) is 18.5 Å². The Morgan fingerprint density at radius 1 is 1.55 bits per heavy atom. The highest BCUT2D eigenvalue weighted by atomic mass is 19.1. The minimum Gasteiger partial charge on any atom is -0.465 e. The van der Waals surface area contributed by atoms with E-state index in [4.69, 9.17) is 15.7 Å². The van der Waals surface area contributed by atoms with Gasteiger partial charge in [-0.25, -0.2) is 9.38 Å². The van der Waals surface area contributed by atoms with Crippen molar-refractivity contribution in [2.75, 3.05) is 11.9 Å². The standard InChI is InChI=1S/C15H15FN4O2/c16-11-2-1-9(19-13(21)15(8-17)4-5-15)7-10(11)12-3-6-22-14(18)20-12/h1-2,7,12H,3-6H2,(H2,18,20)(H,19,21). The molecule has 3 N–H and O–H groups in total. The average molecular weight is 302 g/mol. The van der Waals surface area contributed by atoms with Crippen molar-refractivity contribution in [3.05, 3.63) is 29.6 Å². The van der Waals surface area contributed by atoms with E-state index >= 15 is 0 Å². The average Bonchev–Trinajstić information content (AvgIpc) is 3.30. The number of nitriles is 1. The van der Waals surface area contributed by atoms with Crippen LogP contribution in [-0.2, 0) is 9.53 Å². The van der Waals surface area contributed by atoms with Crippen LogP contribution in [0.25, 0.3) is 0 Å². The summed E-state index contributed by atoms with van der Waals surface area (Å²) < 4.78 is 19.0. The van der Waals surface area contributed by atoms with E-state index in [1.807, 2.05) is 6.07 Å². The predicted molar refractivity (Wildman–Crippen MR) is 77.2 cm³/mol. The molecule has 0 spiro atoms. The monoisotopic (exact) mass is 302 g/mol. The van der Waals surface area contributed by atoms with E-state index in [1.54, 1.807) is 0 Å². The second kappa shape index (κ2) is 5.30. The molecule has 6 nitrogen and oxygen atoms in total. The predicted octanol–water partition coefficient (Wildman–Crippen LogP) is 1.84. The van der Waals surface area contributed by atoms with Crippen molar-refractivity contribution in [1.29, 1.82) is 5.26 Å². The van der Waals surface area contributed by atoms with E-state index in [0.29, 0.717) is 37.1 Å². The molecule has 1 aliphatic heterocycles. The van der Waals surface area contributed by atoms with Gasteiger partial charge in [0.25, 0.3) is 6.02 Å². The highest BCUT2D eigenvalue weighted by molar-refractivity contribution is 5.99. The molecule has 1 aromatic rings. The number of hydrogen-bond donors (Lipinski definition) is 2. The summed E-state index contributed by atoms with van der Waals surface area (Å²) in [5, 5.41) is 11.7. The van der Waals surface area contributed by atoms with Crippen molar-refractivity contribution in [2.45, 2.75) is 25.3 Å². The third-order valence-electron chi connectivity index (χ3n) is 3.94. The molecule has 114 valence electrons. The fourth-order valence-electron chi connectivity index (χ4n) is 2.40. The van der Waals surface area contributed by atoms with E-state index in [2.05, 4.69) is 10.3 Å². The summed E-state index contributed by atoms with van der Waals surface area (Å²) >= 11 is 0. The Balaban J connectivity index is 1.83. The van der Waals surface area contributed by atoms with Gasteiger partial charge in [-0.15, -0.1) is 0 Å². The van der Waals surface area contributed by atoms with Crippen LogP contribution >= 0.6 is 0 Å². The highest BCUT2D eigenvalue weighted by Gasteiger charge is 2.50. The number of amidine groups is 1. The molecule has 0 saturated heterocycles. The molecular formula is C15H15FN4O2. The minimum atomic E-state index is -0.921.